The van der Waals surface area contributed by atoms with Gasteiger partial charge in [-0.15, -0.1) is 0 Å². The summed E-state index contributed by atoms with van der Waals surface area (Å²) in [6, 6.07) is 2.23. The molecule has 1 N–H and O–H groups in total. The number of nitrogens with one attached hydrogen (secondary N) is 1. The average Bonchev–Trinajstić information content (AvgIpc) is 2.25. The van der Waals surface area contributed by atoms with E-state index in [1.54, 1.807) is 0 Å². The van der Waals surface area contributed by atoms with Crippen molar-refractivity contribution in [2.75, 3.05) is 18.6 Å². The summed E-state index contributed by atoms with van der Waals surface area (Å²) in [6.45, 7) is -0.165. The van der Waals surface area contributed by atoms with E-state index in [0.717, 1.165) is 18.4 Å². The first kappa shape index (κ1) is 18.5. The van der Waals surface area contributed by atoms with Crippen molar-refractivity contribution < 1.29 is 21.6 Å². The van der Waals surface area contributed by atoms with Crippen molar-refractivity contribution in [2.45, 2.75) is 4.90 Å². The Morgan fingerprint density at radius 1 is 1.19 bits per heavy atom. The summed E-state index contributed by atoms with van der Waals surface area (Å²) in [7, 11) is -2.20. The highest BCUT2D eigenvalue weighted by atomic mass is 35.7. The average molecular weight is 395 g/mol. The zero-order valence-electron chi connectivity index (χ0n) is 10.6. The third kappa shape index (κ3) is 5.30. The topological polar surface area (TPSA) is 97.4 Å². The van der Waals surface area contributed by atoms with Crippen molar-refractivity contribution in [3.05, 3.63) is 27.7 Å². The molecule has 11 heteroatoms. The third-order valence-electron chi connectivity index (χ3n) is 2.30. The quantitative estimate of drug-likeness (QED) is 0.767. The van der Waals surface area contributed by atoms with Gasteiger partial charge < -0.3 is 5.32 Å². The Bertz CT molecular complexity index is 774. The summed E-state index contributed by atoms with van der Waals surface area (Å²) in [6.07, 6.45) is 1.01. The molecular weight excluding hydrogens is 385 g/mol. The summed E-state index contributed by atoms with van der Waals surface area (Å²) in [5.74, 6) is -1.07. The van der Waals surface area contributed by atoms with Gasteiger partial charge in [-0.3, -0.25) is 4.79 Å². The molecule has 0 atom stereocenters. The SMILES string of the molecule is CS(=O)(=O)CCNC(=O)c1c(Cl)ccc(S(=O)(=O)Cl)c1Cl. The van der Waals surface area contributed by atoms with E-state index in [0.29, 0.717) is 0 Å². The molecule has 1 rings (SSSR count). The molecule has 0 aliphatic rings. The fraction of sp³-hybridized carbons (Fsp3) is 0.300. The van der Waals surface area contributed by atoms with Gasteiger partial charge in [0.25, 0.3) is 15.0 Å². The van der Waals surface area contributed by atoms with Crippen LogP contribution in [0.5, 0.6) is 0 Å². The van der Waals surface area contributed by atoms with Gasteiger partial charge in [-0.05, 0) is 12.1 Å². The van der Waals surface area contributed by atoms with Crippen LogP contribution in [0.25, 0.3) is 0 Å². The van der Waals surface area contributed by atoms with Crippen molar-refractivity contribution in [1.82, 2.24) is 5.32 Å². The maximum Gasteiger partial charge on any atom is 0.262 e. The first-order valence-electron chi connectivity index (χ1n) is 5.32. The van der Waals surface area contributed by atoms with E-state index in [-0.39, 0.29) is 22.9 Å². The predicted molar refractivity (Wildman–Crippen MR) is 81.5 cm³/mol. The Balaban J connectivity index is 3.10. The molecule has 0 heterocycles. The molecule has 0 bridgehead atoms. The second-order valence-electron chi connectivity index (χ2n) is 4.06. The van der Waals surface area contributed by atoms with E-state index < -0.39 is 34.7 Å². The van der Waals surface area contributed by atoms with Gasteiger partial charge in [-0.25, -0.2) is 16.8 Å². The van der Waals surface area contributed by atoms with Crippen molar-refractivity contribution in [3.8, 4) is 0 Å². The normalized spacial score (nSPS) is 12.2. The number of hydrogen-bond acceptors (Lipinski definition) is 5. The monoisotopic (exact) mass is 393 g/mol. The second kappa shape index (κ2) is 6.70. The van der Waals surface area contributed by atoms with Crippen LogP contribution in [-0.4, -0.2) is 41.3 Å². The lowest BCUT2D eigenvalue weighted by molar-refractivity contribution is 0.0956. The number of rotatable bonds is 5. The zero-order valence-corrected chi connectivity index (χ0v) is 14.5. The summed E-state index contributed by atoms with van der Waals surface area (Å²) >= 11 is 11.6. The minimum Gasteiger partial charge on any atom is -0.351 e. The smallest absolute Gasteiger partial charge is 0.262 e. The predicted octanol–water partition coefficient (Wildman–Crippen LogP) is 1.70. The molecule has 21 heavy (non-hydrogen) atoms. The second-order valence-corrected chi connectivity index (χ2v) is 9.64. The molecule has 0 saturated carbocycles. The number of benzene rings is 1. The molecule has 1 aromatic rings. The van der Waals surface area contributed by atoms with E-state index >= 15 is 0 Å². The van der Waals surface area contributed by atoms with Gasteiger partial charge in [-0.2, -0.15) is 0 Å². The van der Waals surface area contributed by atoms with Crippen LogP contribution in [-0.2, 0) is 18.9 Å². The molecule has 118 valence electrons. The van der Waals surface area contributed by atoms with Crippen LogP contribution < -0.4 is 5.32 Å². The molecule has 0 spiro atoms. The van der Waals surface area contributed by atoms with Crippen LogP contribution in [0.3, 0.4) is 0 Å². The number of carbonyl (C=O) groups excluding carboxylic acids is 1. The number of sulfone groups is 1. The lowest BCUT2D eigenvalue weighted by Gasteiger charge is -2.10. The Morgan fingerprint density at radius 2 is 1.76 bits per heavy atom. The van der Waals surface area contributed by atoms with Gasteiger partial charge in [-0.1, -0.05) is 23.2 Å². The van der Waals surface area contributed by atoms with Crippen LogP contribution in [0.2, 0.25) is 10.0 Å². The van der Waals surface area contributed by atoms with Crippen LogP contribution in [0, 0.1) is 0 Å². The minimum absolute atomic E-state index is 0.0825. The van der Waals surface area contributed by atoms with E-state index in [9.17, 15) is 21.6 Å². The highest BCUT2D eigenvalue weighted by Crippen LogP contribution is 2.32. The third-order valence-corrected chi connectivity index (χ3v) is 5.43. The summed E-state index contributed by atoms with van der Waals surface area (Å²) < 4.78 is 44.6. The standard InChI is InChI=1S/C10H10Cl3NO5S2/c1-20(16,17)5-4-14-10(15)8-6(11)2-3-7(9(8)12)21(13,18)19/h2-3H,4-5H2,1H3,(H,14,15). The molecule has 1 amide bonds. The number of hydrogen-bond donors (Lipinski definition) is 1. The lowest BCUT2D eigenvalue weighted by atomic mass is 10.2. The van der Waals surface area contributed by atoms with Crippen LogP contribution >= 0.6 is 33.9 Å². The number of carbonyl (C=O) groups is 1. The van der Waals surface area contributed by atoms with Gasteiger partial charge in [0, 0.05) is 23.5 Å². The Hall–Kier alpha value is -0.540. The van der Waals surface area contributed by atoms with Crippen LogP contribution in [0.1, 0.15) is 10.4 Å². The molecular formula is C10H10Cl3NO5S2. The molecule has 1 aromatic carbocycles. The number of halogens is 3. The van der Waals surface area contributed by atoms with Gasteiger partial charge in [0.2, 0.25) is 0 Å². The zero-order chi connectivity index (χ0) is 16.4. The van der Waals surface area contributed by atoms with E-state index in [4.69, 9.17) is 33.9 Å². The van der Waals surface area contributed by atoms with E-state index in [2.05, 4.69) is 5.32 Å². The largest absolute Gasteiger partial charge is 0.351 e. The molecule has 0 unspecified atom stereocenters. The first-order chi connectivity index (χ1) is 9.43. The molecule has 0 fully saturated rings. The highest BCUT2D eigenvalue weighted by molar-refractivity contribution is 8.13. The van der Waals surface area contributed by atoms with Gasteiger partial charge in [0.1, 0.15) is 14.7 Å². The van der Waals surface area contributed by atoms with Gasteiger partial charge in [0.15, 0.2) is 0 Å². The molecule has 0 radical (unpaired) electrons. The van der Waals surface area contributed by atoms with Crippen molar-refractivity contribution >= 4 is 58.7 Å². The highest BCUT2D eigenvalue weighted by Gasteiger charge is 2.23. The molecule has 0 aliphatic heterocycles. The minimum atomic E-state index is -4.14. The van der Waals surface area contributed by atoms with Crippen LogP contribution in [0.15, 0.2) is 17.0 Å². The van der Waals surface area contributed by atoms with Crippen LogP contribution in [0.4, 0.5) is 0 Å². The van der Waals surface area contributed by atoms with Gasteiger partial charge >= 0.3 is 0 Å². The maximum absolute atomic E-state index is 11.9. The molecule has 0 saturated heterocycles. The van der Waals surface area contributed by atoms with E-state index in [1.807, 2.05) is 0 Å². The lowest BCUT2D eigenvalue weighted by Crippen LogP contribution is -2.29. The summed E-state index contributed by atoms with van der Waals surface area (Å²) in [5, 5.41) is 1.79. The van der Waals surface area contributed by atoms with Gasteiger partial charge in [0.05, 0.1) is 21.4 Å². The Labute approximate surface area is 136 Å². The number of amides is 1. The molecule has 0 aliphatic carbocycles. The molecule has 0 aromatic heterocycles. The maximum atomic E-state index is 11.9. The Morgan fingerprint density at radius 3 is 2.24 bits per heavy atom. The van der Waals surface area contributed by atoms with Crippen molar-refractivity contribution in [1.29, 1.82) is 0 Å². The van der Waals surface area contributed by atoms with Crippen molar-refractivity contribution in [3.63, 3.8) is 0 Å². The fourth-order valence-corrected chi connectivity index (χ4v) is 3.74. The van der Waals surface area contributed by atoms with Crippen molar-refractivity contribution in [2.24, 2.45) is 0 Å². The first-order valence-corrected chi connectivity index (χ1v) is 10.4. The summed E-state index contributed by atoms with van der Waals surface area (Å²) in [5.41, 5.74) is -0.284. The fourth-order valence-electron chi connectivity index (χ4n) is 1.37. The van der Waals surface area contributed by atoms with E-state index in [1.165, 1.54) is 0 Å². The summed E-state index contributed by atoms with van der Waals surface area (Å²) in [4.78, 5) is 11.5. The molecule has 6 nitrogen and oxygen atoms in total. The Kier molecular flexibility index (Phi) is 5.91.